The second-order valence-electron chi connectivity index (χ2n) is 5.46. The van der Waals surface area contributed by atoms with Crippen LogP contribution in [-0.2, 0) is 0 Å². The molecule has 0 spiro atoms. The van der Waals surface area contributed by atoms with Gasteiger partial charge in [-0.3, -0.25) is 4.90 Å². The number of carbonyl (C=O) groups is 1. The molecule has 0 aliphatic carbocycles. The fourth-order valence-electron chi connectivity index (χ4n) is 2.29. The van der Waals surface area contributed by atoms with Crippen LogP contribution < -0.4 is 11.1 Å². The molecule has 0 aliphatic heterocycles. The third-order valence-corrected chi connectivity index (χ3v) is 3.31. The lowest BCUT2D eigenvalue weighted by Crippen LogP contribution is -2.40. The fraction of sp³-hybridized carbons (Fsp3) is 0.533. The van der Waals surface area contributed by atoms with Crippen LogP contribution in [0.5, 0.6) is 0 Å². The first kappa shape index (κ1) is 16.3. The summed E-state index contributed by atoms with van der Waals surface area (Å²) in [5.41, 5.74) is 7.31. The predicted molar refractivity (Wildman–Crippen MR) is 83.3 cm³/mol. The molecule has 0 bridgehead atoms. The molecule has 1 aromatic rings. The van der Waals surface area contributed by atoms with Crippen molar-refractivity contribution in [3.8, 4) is 0 Å². The Morgan fingerprint density at radius 2 is 1.90 bits per heavy atom. The Morgan fingerprint density at radius 3 is 2.35 bits per heavy atom. The SMILES string of the molecule is CC(C)N(CCNc1ccc(C(=O)O)cc1N)C(C)C. The minimum Gasteiger partial charge on any atom is -0.478 e. The monoisotopic (exact) mass is 279 g/mol. The van der Waals surface area contributed by atoms with Gasteiger partial charge in [0.1, 0.15) is 0 Å². The van der Waals surface area contributed by atoms with Crippen LogP contribution in [0.1, 0.15) is 38.1 Å². The number of benzene rings is 1. The van der Waals surface area contributed by atoms with Gasteiger partial charge in [-0.1, -0.05) is 0 Å². The van der Waals surface area contributed by atoms with Crippen molar-refractivity contribution in [1.82, 2.24) is 4.90 Å². The molecule has 0 saturated carbocycles. The van der Waals surface area contributed by atoms with Gasteiger partial charge in [0.15, 0.2) is 0 Å². The molecule has 0 unspecified atom stereocenters. The molecule has 0 amide bonds. The van der Waals surface area contributed by atoms with Gasteiger partial charge in [0.25, 0.3) is 0 Å². The second kappa shape index (κ2) is 7.14. The molecule has 5 nitrogen and oxygen atoms in total. The Bertz CT molecular complexity index is 450. The van der Waals surface area contributed by atoms with E-state index >= 15 is 0 Å². The maximum absolute atomic E-state index is 10.8. The van der Waals surface area contributed by atoms with Crippen LogP contribution in [0.4, 0.5) is 11.4 Å². The van der Waals surface area contributed by atoms with E-state index in [1.54, 1.807) is 12.1 Å². The summed E-state index contributed by atoms with van der Waals surface area (Å²) in [6.45, 7) is 10.4. The Balaban J connectivity index is 2.60. The Morgan fingerprint density at radius 1 is 1.30 bits per heavy atom. The standard InChI is InChI=1S/C15H25N3O2/c1-10(2)18(11(3)4)8-7-17-14-6-5-12(15(19)20)9-13(14)16/h5-6,9-11,17H,7-8,16H2,1-4H3,(H,19,20). The van der Waals surface area contributed by atoms with Gasteiger partial charge in [-0.05, 0) is 45.9 Å². The van der Waals surface area contributed by atoms with Gasteiger partial charge in [-0.15, -0.1) is 0 Å². The quantitative estimate of drug-likeness (QED) is 0.668. The highest BCUT2D eigenvalue weighted by molar-refractivity contribution is 5.90. The summed E-state index contributed by atoms with van der Waals surface area (Å²) in [6, 6.07) is 5.73. The normalized spacial score (nSPS) is 11.3. The molecule has 0 aromatic heterocycles. The topological polar surface area (TPSA) is 78.6 Å². The van der Waals surface area contributed by atoms with Gasteiger partial charge >= 0.3 is 5.97 Å². The Kier molecular flexibility index (Phi) is 5.82. The molecule has 4 N–H and O–H groups in total. The minimum atomic E-state index is -0.964. The van der Waals surface area contributed by atoms with E-state index < -0.39 is 5.97 Å². The van der Waals surface area contributed by atoms with Crippen molar-refractivity contribution in [1.29, 1.82) is 0 Å². The number of hydrogen-bond acceptors (Lipinski definition) is 4. The highest BCUT2D eigenvalue weighted by Crippen LogP contribution is 2.19. The van der Waals surface area contributed by atoms with Gasteiger partial charge in [-0.2, -0.15) is 0 Å². The van der Waals surface area contributed by atoms with Crippen LogP contribution in [0.2, 0.25) is 0 Å². The van der Waals surface area contributed by atoms with Crippen molar-refractivity contribution >= 4 is 17.3 Å². The number of anilines is 2. The number of aromatic carboxylic acids is 1. The Labute approximate surface area is 120 Å². The molecular formula is C15H25N3O2. The molecule has 0 atom stereocenters. The largest absolute Gasteiger partial charge is 0.478 e. The van der Waals surface area contributed by atoms with Gasteiger partial charge in [0.05, 0.1) is 16.9 Å². The highest BCUT2D eigenvalue weighted by Gasteiger charge is 2.12. The molecule has 0 saturated heterocycles. The average molecular weight is 279 g/mol. The van der Waals surface area contributed by atoms with Crippen LogP contribution in [0.15, 0.2) is 18.2 Å². The number of carboxylic acids is 1. The lowest BCUT2D eigenvalue weighted by molar-refractivity contribution is 0.0697. The number of rotatable bonds is 7. The van der Waals surface area contributed by atoms with E-state index in [0.717, 1.165) is 18.8 Å². The van der Waals surface area contributed by atoms with Crippen LogP contribution in [-0.4, -0.2) is 41.1 Å². The predicted octanol–water partition coefficient (Wildman–Crippen LogP) is 2.50. The maximum Gasteiger partial charge on any atom is 0.335 e. The van der Waals surface area contributed by atoms with E-state index in [1.165, 1.54) is 6.07 Å². The number of nitrogens with zero attached hydrogens (tertiary/aromatic N) is 1. The molecular weight excluding hydrogens is 254 g/mol. The lowest BCUT2D eigenvalue weighted by Gasteiger charge is -2.30. The fourth-order valence-corrected chi connectivity index (χ4v) is 2.29. The second-order valence-corrected chi connectivity index (χ2v) is 5.46. The summed E-state index contributed by atoms with van der Waals surface area (Å²) in [4.78, 5) is 13.2. The van der Waals surface area contributed by atoms with E-state index in [9.17, 15) is 4.79 Å². The lowest BCUT2D eigenvalue weighted by atomic mass is 10.1. The van der Waals surface area contributed by atoms with Crippen molar-refractivity contribution in [2.24, 2.45) is 0 Å². The zero-order valence-electron chi connectivity index (χ0n) is 12.7. The van der Waals surface area contributed by atoms with Crippen molar-refractivity contribution in [2.75, 3.05) is 24.1 Å². The average Bonchev–Trinajstić information content (AvgIpc) is 2.34. The summed E-state index contributed by atoms with van der Waals surface area (Å²) >= 11 is 0. The minimum absolute atomic E-state index is 0.207. The smallest absolute Gasteiger partial charge is 0.335 e. The van der Waals surface area contributed by atoms with E-state index in [1.807, 2.05) is 0 Å². The van der Waals surface area contributed by atoms with Crippen LogP contribution >= 0.6 is 0 Å². The summed E-state index contributed by atoms with van der Waals surface area (Å²) < 4.78 is 0. The first-order valence-electron chi connectivity index (χ1n) is 6.95. The molecule has 1 aromatic carbocycles. The van der Waals surface area contributed by atoms with E-state index in [-0.39, 0.29) is 5.56 Å². The number of hydrogen-bond donors (Lipinski definition) is 3. The number of carboxylic acid groups (broad SMARTS) is 1. The summed E-state index contributed by atoms with van der Waals surface area (Å²) in [5.74, 6) is -0.964. The highest BCUT2D eigenvalue weighted by atomic mass is 16.4. The zero-order chi connectivity index (χ0) is 15.3. The first-order chi connectivity index (χ1) is 9.32. The molecule has 0 fully saturated rings. The third-order valence-electron chi connectivity index (χ3n) is 3.31. The molecule has 20 heavy (non-hydrogen) atoms. The molecule has 0 aliphatic rings. The Hall–Kier alpha value is -1.75. The maximum atomic E-state index is 10.8. The van der Waals surface area contributed by atoms with E-state index in [4.69, 9.17) is 10.8 Å². The van der Waals surface area contributed by atoms with Gasteiger partial charge < -0.3 is 16.2 Å². The van der Waals surface area contributed by atoms with Gasteiger partial charge in [-0.25, -0.2) is 4.79 Å². The number of nitrogens with one attached hydrogen (secondary N) is 1. The summed E-state index contributed by atoms with van der Waals surface area (Å²) in [5, 5.41) is 12.1. The van der Waals surface area contributed by atoms with Gasteiger partial charge in [0, 0.05) is 25.2 Å². The molecule has 0 radical (unpaired) electrons. The summed E-state index contributed by atoms with van der Waals surface area (Å²) in [6.07, 6.45) is 0. The van der Waals surface area contributed by atoms with Crippen LogP contribution in [0.25, 0.3) is 0 Å². The molecule has 5 heteroatoms. The van der Waals surface area contributed by atoms with Gasteiger partial charge in [0.2, 0.25) is 0 Å². The van der Waals surface area contributed by atoms with E-state index in [2.05, 4.69) is 37.9 Å². The van der Waals surface area contributed by atoms with Crippen molar-refractivity contribution in [3.05, 3.63) is 23.8 Å². The van der Waals surface area contributed by atoms with E-state index in [0.29, 0.717) is 17.8 Å². The first-order valence-corrected chi connectivity index (χ1v) is 6.95. The number of nitrogen functional groups attached to an aromatic ring is 1. The summed E-state index contributed by atoms with van der Waals surface area (Å²) in [7, 11) is 0. The van der Waals surface area contributed by atoms with Crippen LogP contribution in [0.3, 0.4) is 0 Å². The molecule has 112 valence electrons. The zero-order valence-corrected chi connectivity index (χ0v) is 12.7. The van der Waals surface area contributed by atoms with Crippen molar-refractivity contribution in [3.63, 3.8) is 0 Å². The van der Waals surface area contributed by atoms with Crippen molar-refractivity contribution in [2.45, 2.75) is 39.8 Å². The van der Waals surface area contributed by atoms with Crippen molar-refractivity contribution < 1.29 is 9.90 Å². The molecule has 0 heterocycles. The third kappa shape index (κ3) is 4.42. The van der Waals surface area contributed by atoms with Crippen LogP contribution in [0, 0.1) is 0 Å². The molecule has 1 rings (SSSR count). The number of nitrogens with two attached hydrogens (primary N) is 1.